The number of anilines is 1. The molecule has 2 aromatic carbocycles. The third kappa shape index (κ3) is 3.56. The predicted molar refractivity (Wildman–Crippen MR) is 84.8 cm³/mol. The van der Waals surface area contributed by atoms with Crippen molar-refractivity contribution in [3.63, 3.8) is 0 Å². The lowest BCUT2D eigenvalue weighted by Gasteiger charge is -2.29. The maximum absolute atomic E-state index is 10.1. The third-order valence-electron chi connectivity index (χ3n) is 3.93. The van der Waals surface area contributed by atoms with Crippen LogP contribution in [0.15, 0.2) is 54.6 Å². The van der Waals surface area contributed by atoms with Gasteiger partial charge in [0.2, 0.25) is 0 Å². The Morgan fingerprint density at radius 3 is 2.43 bits per heavy atom. The first kappa shape index (κ1) is 14.0. The summed E-state index contributed by atoms with van der Waals surface area (Å²) in [4.78, 5) is 0. The highest BCUT2D eigenvalue weighted by Gasteiger charge is 2.23. The van der Waals surface area contributed by atoms with E-state index < -0.39 is 0 Å². The van der Waals surface area contributed by atoms with Gasteiger partial charge in [-0.1, -0.05) is 43.2 Å². The SMILES string of the molecule is O[C@H]1CCCC[C@@H]1Nc1ccccc1Oc1ccccc1. The van der Waals surface area contributed by atoms with Crippen LogP contribution in [0, 0.1) is 0 Å². The van der Waals surface area contributed by atoms with Crippen molar-refractivity contribution in [2.24, 2.45) is 0 Å². The second-order valence-electron chi connectivity index (χ2n) is 5.51. The summed E-state index contributed by atoms with van der Waals surface area (Å²) in [5, 5.41) is 13.6. The number of nitrogens with one attached hydrogen (secondary N) is 1. The fourth-order valence-electron chi connectivity index (χ4n) is 2.77. The molecule has 0 amide bonds. The van der Waals surface area contributed by atoms with Gasteiger partial charge in [-0.3, -0.25) is 0 Å². The Balaban J connectivity index is 1.76. The molecule has 1 aliphatic carbocycles. The number of aliphatic hydroxyl groups is 1. The summed E-state index contributed by atoms with van der Waals surface area (Å²) < 4.78 is 5.94. The summed E-state index contributed by atoms with van der Waals surface area (Å²) in [6.45, 7) is 0. The summed E-state index contributed by atoms with van der Waals surface area (Å²) in [5.74, 6) is 1.61. The molecule has 1 fully saturated rings. The maximum Gasteiger partial charge on any atom is 0.150 e. The molecule has 3 rings (SSSR count). The predicted octanol–water partition coefficient (Wildman–Crippen LogP) is 4.19. The zero-order valence-electron chi connectivity index (χ0n) is 12.0. The molecule has 3 nitrogen and oxygen atoms in total. The van der Waals surface area contributed by atoms with E-state index in [4.69, 9.17) is 4.74 Å². The number of ether oxygens (including phenoxy) is 1. The number of aliphatic hydroxyl groups excluding tert-OH is 1. The van der Waals surface area contributed by atoms with Crippen molar-refractivity contribution in [2.75, 3.05) is 5.32 Å². The molecule has 2 atom stereocenters. The lowest BCUT2D eigenvalue weighted by molar-refractivity contribution is 0.116. The summed E-state index contributed by atoms with van der Waals surface area (Å²) in [5.41, 5.74) is 0.937. The number of hydrogen-bond acceptors (Lipinski definition) is 3. The van der Waals surface area contributed by atoms with Crippen molar-refractivity contribution >= 4 is 5.69 Å². The van der Waals surface area contributed by atoms with Crippen LogP contribution in [0.25, 0.3) is 0 Å². The van der Waals surface area contributed by atoms with E-state index >= 15 is 0 Å². The quantitative estimate of drug-likeness (QED) is 0.884. The minimum Gasteiger partial charge on any atom is -0.455 e. The molecule has 0 radical (unpaired) electrons. The van der Waals surface area contributed by atoms with Crippen LogP contribution >= 0.6 is 0 Å². The highest BCUT2D eigenvalue weighted by molar-refractivity contribution is 5.58. The Bertz CT molecular complexity index is 570. The standard InChI is InChI=1S/C18H21NO2/c20-17-12-6-4-10-15(17)19-16-11-5-7-13-18(16)21-14-8-2-1-3-9-14/h1-3,5,7-9,11,13,15,17,19-20H,4,6,10,12H2/t15-,17-/m0/s1. The van der Waals surface area contributed by atoms with Gasteiger partial charge in [0.05, 0.1) is 17.8 Å². The van der Waals surface area contributed by atoms with Gasteiger partial charge in [0.15, 0.2) is 5.75 Å². The Morgan fingerprint density at radius 2 is 1.62 bits per heavy atom. The molecule has 0 heterocycles. The normalized spacial score (nSPS) is 21.8. The van der Waals surface area contributed by atoms with Crippen molar-refractivity contribution in [1.82, 2.24) is 0 Å². The molecule has 0 saturated heterocycles. The smallest absolute Gasteiger partial charge is 0.150 e. The molecular weight excluding hydrogens is 262 g/mol. The molecule has 0 aromatic heterocycles. The lowest BCUT2D eigenvalue weighted by Crippen LogP contribution is -2.36. The van der Waals surface area contributed by atoms with Crippen molar-refractivity contribution in [1.29, 1.82) is 0 Å². The average Bonchev–Trinajstić information content (AvgIpc) is 2.52. The topological polar surface area (TPSA) is 41.5 Å². The van der Waals surface area contributed by atoms with Crippen molar-refractivity contribution < 1.29 is 9.84 Å². The molecule has 0 unspecified atom stereocenters. The molecule has 3 heteroatoms. The van der Waals surface area contributed by atoms with E-state index in [2.05, 4.69) is 5.32 Å². The van der Waals surface area contributed by atoms with Gasteiger partial charge < -0.3 is 15.2 Å². The monoisotopic (exact) mass is 283 g/mol. The summed E-state index contributed by atoms with van der Waals surface area (Å²) in [6, 6.07) is 17.8. The van der Waals surface area contributed by atoms with E-state index in [1.807, 2.05) is 54.6 Å². The van der Waals surface area contributed by atoms with E-state index in [9.17, 15) is 5.11 Å². The van der Waals surface area contributed by atoms with Crippen LogP contribution in [0.2, 0.25) is 0 Å². The van der Waals surface area contributed by atoms with Crippen LogP contribution in [0.5, 0.6) is 11.5 Å². The molecule has 2 N–H and O–H groups in total. The number of para-hydroxylation sites is 3. The summed E-state index contributed by atoms with van der Waals surface area (Å²) in [7, 11) is 0. The van der Waals surface area contributed by atoms with Gasteiger partial charge in [-0.25, -0.2) is 0 Å². The number of hydrogen-bond donors (Lipinski definition) is 2. The lowest BCUT2D eigenvalue weighted by atomic mass is 9.92. The fourth-order valence-corrected chi connectivity index (χ4v) is 2.77. The minimum atomic E-state index is -0.275. The van der Waals surface area contributed by atoms with Gasteiger partial charge in [-0.15, -0.1) is 0 Å². The van der Waals surface area contributed by atoms with Crippen molar-refractivity contribution in [3.05, 3.63) is 54.6 Å². The second kappa shape index (κ2) is 6.64. The number of rotatable bonds is 4. The van der Waals surface area contributed by atoms with E-state index in [1.54, 1.807) is 0 Å². The first-order chi connectivity index (χ1) is 10.3. The Hall–Kier alpha value is -2.00. The molecule has 0 bridgehead atoms. The van der Waals surface area contributed by atoms with E-state index in [0.717, 1.165) is 42.9 Å². The van der Waals surface area contributed by atoms with Gasteiger partial charge in [-0.2, -0.15) is 0 Å². The summed E-state index contributed by atoms with van der Waals surface area (Å²) >= 11 is 0. The fraction of sp³-hybridized carbons (Fsp3) is 0.333. The molecule has 2 aromatic rings. The largest absolute Gasteiger partial charge is 0.455 e. The third-order valence-corrected chi connectivity index (χ3v) is 3.93. The van der Waals surface area contributed by atoms with Gasteiger partial charge in [-0.05, 0) is 37.1 Å². The van der Waals surface area contributed by atoms with E-state index in [0.29, 0.717) is 0 Å². The Labute approximate surface area is 125 Å². The number of benzene rings is 2. The molecule has 1 saturated carbocycles. The Kier molecular flexibility index (Phi) is 4.41. The molecular formula is C18H21NO2. The van der Waals surface area contributed by atoms with Gasteiger partial charge in [0.1, 0.15) is 5.75 Å². The zero-order chi connectivity index (χ0) is 14.5. The zero-order valence-corrected chi connectivity index (χ0v) is 12.0. The van der Waals surface area contributed by atoms with E-state index in [1.165, 1.54) is 0 Å². The first-order valence-corrected chi connectivity index (χ1v) is 7.59. The molecule has 21 heavy (non-hydrogen) atoms. The molecule has 110 valence electrons. The van der Waals surface area contributed by atoms with E-state index in [-0.39, 0.29) is 12.1 Å². The van der Waals surface area contributed by atoms with Gasteiger partial charge >= 0.3 is 0 Å². The molecule has 1 aliphatic rings. The minimum absolute atomic E-state index is 0.110. The van der Waals surface area contributed by atoms with Gasteiger partial charge in [0.25, 0.3) is 0 Å². The summed E-state index contributed by atoms with van der Waals surface area (Å²) in [6.07, 6.45) is 3.88. The van der Waals surface area contributed by atoms with Crippen LogP contribution in [-0.2, 0) is 0 Å². The van der Waals surface area contributed by atoms with Crippen LogP contribution in [0.4, 0.5) is 5.69 Å². The van der Waals surface area contributed by atoms with Crippen molar-refractivity contribution in [3.8, 4) is 11.5 Å². The van der Waals surface area contributed by atoms with Crippen LogP contribution < -0.4 is 10.1 Å². The Morgan fingerprint density at radius 1 is 0.905 bits per heavy atom. The van der Waals surface area contributed by atoms with Crippen LogP contribution in [0.3, 0.4) is 0 Å². The van der Waals surface area contributed by atoms with Crippen molar-refractivity contribution in [2.45, 2.75) is 37.8 Å². The highest BCUT2D eigenvalue weighted by Crippen LogP contribution is 2.31. The van der Waals surface area contributed by atoms with Crippen LogP contribution in [-0.4, -0.2) is 17.3 Å². The molecule has 0 aliphatic heterocycles. The first-order valence-electron chi connectivity index (χ1n) is 7.59. The van der Waals surface area contributed by atoms with Gasteiger partial charge in [0, 0.05) is 0 Å². The average molecular weight is 283 g/mol. The molecule has 0 spiro atoms. The second-order valence-corrected chi connectivity index (χ2v) is 5.51. The van der Waals surface area contributed by atoms with Crippen LogP contribution in [0.1, 0.15) is 25.7 Å². The maximum atomic E-state index is 10.1. The highest BCUT2D eigenvalue weighted by atomic mass is 16.5.